The number of nitrogens with one attached hydrogen (secondary N) is 2. The molecule has 24 heavy (non-hydrogen) atoms. The number of amides is 2. The molecule has 2 amide bonds. The molecule has 6 nitrogen and oxygen atoms in total. The summed E-state index contributed by atoms with van der Waals surface area (Å²) in [5, 5.41) is 13.8. The highest BCUT2D eigenvalue weighted by Gasteiger charge is 2.04. The molecule has 0 saturated heterocycles. The van der Waals surface area contributed by atoms with E-state index in [1.165, 1.54) is 0 Å². The molecule has 0 aliphatic carbocycles. The van der Waals surface area contributed by atoms with E-state index in [1.807, 2.05) is 18.2 Å². The molecule has 2 rings (SSSR count). The molecule has 0 unspecified atom stereocenters. The van der Waals surface area contributed by atoms with Gasteiger partial charge < -0.3 is 15.4 Å². The number of nitrogens with zero attached hydrogens (tertiary/aromatic N) is 1. The zero-order valence-electron chi connectivity index (χ0n) is 13.0. The summed E-state index contributed by atoms with van der Waals surface area (Å²) < 4.78 is 5.36. The summed E-state index contributed by atoms with van der Waals surface area (Å²) in [6, 6.07) is 17.9. The number of benzene rings is 2. The molecular formula is C18H17N3O3. The maximum atomic E-state index is 11.8. The highest BCUT2D eigenvalue weighted by atomic mass is 16.5. The van der Waals surface area contributed by atoms with Crippen molar-refractivity contribution in [2.75, 3.05) is 11.9 Å². The maximum absolute atomic E-state index is 11.8. The first-order valence-corrected chi connectivity index (χ1v) is 7.37. The number of para-hydroxylation sites is 1. The van der Waals surface area contributed by atoms with E-state index in [0.29, 0.717) is 18.0 Å². The maximum Gasteiger partial charge on any atom is 0.258 e. The van der Waals surface area contributed by atoms with Gasteiger partial charge in [-0.3, -0.25) is 9.59 Å². The molecule has 2 aromatic carbocycles. The van der Waals surface area contributed by atoms with Gasteiger partial charge in [-0.25, -0.2) is 0 Å². The molecule has 0 heterocycles. The summed E-state index contributed by atoms with van der Waals surface area (Å²) >= 11 is 0. The quantitative estimate of drug-likeness (QED) is 0.817. The lowest BCUT2D eigenvalue weighted by Crippen LogP contribution is -2.28. The number of anilines is 1. The standard InChI is InChI=1S/C18H17N3O3/c19-11-10-17(22)21-15-8-6-14(7-9-15)12-20-18(23)13-24-16-4-2-1-3-5-16/h1-9H,10,12-13H2,(H,20,23)(H,21,22). The lowest BCUT2D eigenvalue weighted by atomic mass is 10.2. The van der Waals surface area contributed by atoms with E-state index in [2.05, 4.69) is 10.6 Å². The van der Waals surface area contributed by atoms with Crippen LogP contribution in [0.4, 0.5) is 5.69 Å². The van der Waals surface area contributed by atoms with Crippen LogP contribution in [-0.4, -0.2) is 18.4 Å². The zero-order valence-corrected chi connectivity index (χ0v) is 13.0. The van der Waals surface area contributed by atoms with E-state index < -0.39 is 0 Å². The third kappa shape index (κ3) is 5.81. The van der Waals surface area contributed by atoms with Gasteiger partial charge in [-0.1, -0.05) is 30.3 Å². The lowest BCUT2D eigenvalue weighted by Gasteiger charge is -2.08. The predicted octanol–water partition coefficient (Wildman–Crippen LogP) is 2.23. The molecule has 0 bridgehead atoms. The summed E-state index contributed by atoms with van der Waals surface area (Å²) in [4.78, 5) is 23.0. The number of nitriles is 1. The molecule has 0 atom stereocenters. The molecule has 0 spiro atoms. The Labute approximate surface area is 140 Å². The molecular weight excluding hydrogens is 306 g/mol. The van der Waals surface area contributed by atoms with Gasteiger partial charge in [0.1, 0.15) is 12.2 Å². The van der Waals surface area contributed by atoms with Crippen LogP contribution in [0.1, 0.15) is 12.0 Å². The van der Waals surface area contributed by atoms with E-state index in [4.69, 9.17) is 10.00 Å². The van der Waals surface area contributed by atoms with Crippen molar-refractivity contribution in [2.24, 2.45) is 0 Å². The van der Waals surface area contributed by atoms with Crippen molar-refractivity contribution in [1.29, 1.82) is 5.26 Å². The number of ether oxygens (including phenoxy) is 1. The summed E-state index contributed by atoms with van der Waals surface area (Å²) in [5.74, 6) is 0.0759. The first kappa shape index (κ1) is 17.0. The SMILES string of the molecule is N#CCC(=O)Nc1ccc(CNC(=O)COc2ccccc2)cc1. The van der Waals surface area contributed by atoms with Crippen LogP contribution in [0, 0.1) is 11.3 Å². The van der Waals surface area contributed by atoms with Gasteiger partial charge in [-0.15, -0.1) is 0 Å². The Kier molecular flexibility index (Phi) is 6.35. The van der Waals surface area contributed by atoms with Crippen molar-refractivity contribution in [1.82, 2.24) is 5.32 Å². The van der Waals surface area contributed by atoms with Crippen molar-refractivity contribution in [3.05, 3.63) is 60.2 Å². The fourth-order valence-corrected chi connectivity index (χ4v) is 1.90. The number of hydrogen-bond donors (Lipinski definition) is 2. The fraction of sp³-hybridized carbons (Fsp3) is 0.167. The smallest absolute Gasteiger partial charge is 0.258 e. The zero-order chi connectivity index (χ0) is 17.2. The second-order valence-corrected chi connectivity index (χ2v) is 4.96. The summed E-state index contributed by atoms with van der Waals surface area (Å²) in [6.45, 7) is 0.315. The van der Waals surface area contributed by atoms with Gasteiger partial charge in [0.2, 0.25) is 5.91 Å². The number of carbonyl (C=O) groups is 2. The minimum Gasteiger partial charge on any atom is -0.484 e. The van der Waals surface area contributed by atoms with Crippen molar-refractivity contribution in [3.8, 4) is 11.8 Å². The second-order valence-electron chi connectivity index (χ2n) is 4.96. The Morgan fingerprint density at radius 2 is 1.71 bits per heavy atom. The first-order chi connectivity index (χ1) is 11.7. The molecule has 0 radical (unpaired) electrons. The molecule has 6 heteroatoms. The van der Waals surface area contributed by atoms with Crippen molar-refractivity contribution < 1.29 is 14.3 Å². The van der Waals surface area contributed by atoms with Crippen molar-refractivity contribution in [2.45, 2.75) is 13.0 Å². The topological polar surface area (TPSA) is 91.2 Å². The Morgan fingerprint density at radius 1 is 1.00 bits per heavy atom. The second kappa shape index (κ2) is 8.96. The van der Waals surface area contributed by atoms with E-state index in [0.717, 1.165) is 5.56 Å². The molecule has 0 saturated carbocycles. The van der Waals surface area contributed by atoms with E-state index in [1.54, 1.807) is 42.5 Å². The van der Waals surface area contributed by atoms with Gasteiger partial charge in [0.05, 0.1) is 6.07 Å². The monoisotopic (exact) mass is 323 g/mol. The molecule has 0 aliphatic rings. The van der Waals surface area contributed by atoms with Crippen LogP contribution in [-0.2, 0) is 16.1 Å². The first-order valence-electron chi connectivity index (χ1n) is 7.37. The lowest BCUT2D eigenvalue weighted by molar-refractivity contribution is -0.123. The molecule has 0 fully saturated rings. The predicted molar refractivity (Wildman–Crippen MR) is 89.1 cm³/mol. The van der Waals surface area contributed by atoms with Gasteiger partial charge in [-0.05, 0) is 29.8 Å². The van der Waals surface area contributed by atoms with Crippen LogP contribution < -0.4 is 15.4 Å². The largest absolute Gasteiger partial charge is 0.484 e. The Balaban J connectivity index is 1.74. The van der Waals surface area contributed by atoms with Crippen molar-refractivity contribution in [3.63, 3.8) is 0 Å². The fourth-order valence-electron chi connectivity index (χ4n) is 1.90. The van der Waals surface area contributed by atoms with Gasteiger partial charge in [0.15, 0.2) is 6.61 Å². The van der Waals surface area contributed by atoms with Crippen molar-refractivity contribution >= 4 is 17.5 Å². The summed E-state index contributed by atoms with van der Waals surface area (Å²) in [6.07, 6.45) is -0.181. The molecule has 0 aliphatic heterocycles. The normalized spacial score (nSPS) is 9.62. The molecule has 2 aromatic rings. The highest BCUT2D eigenvalue weighted by Crippen LogP contribution is 2.10. The number of hydrogen-bond acceptors (Lipinski definition) is 4. The van der Waals surface area contributed by atoms with Gasteiger partial charge in [0.25, 0.3) is 5.91 Å². The van der Waals surface area contributed by atoms with Crippen LogP contribution in [0.3, 0.4) is 0 Å². The van der Waals surface area contributed by atoms with Crippen LogP contribution in [0.2, 0.25) is 0 Å². The van der Waals surface area contributed by atoms with Crippen LogP contribution in [0.5, 0.6) is 5.75 Å². The van der Waals surface area contributed by atoms with E-state index in [-0.39, 0.29) is 24.8 Å². The van der Waals surface area contributed by atoms with Gasteiger partial charge in [0, 0.05) is 12.2 Å². The van der Waals surface area contributed by atoms with E-state index >= 15 is 0 Å². The van der Waals surface area contributed by atoms with Gasteiger partial charge in [-0.2, -0.15) is 5.26 Å². The number of rotatable bonds is 7. The van der Waals surface area contributed by atoms with Gasteiger partial charge >= 0.3 is 0 Å². The Hall–Kier alpha value is -3.33. The third-order valence-corrected chi connectivity index (χ3v) is 3.08. The Morgan fingerprint density at radius 3 is 2.38 bits per heavy atom. The molecule has 2 N–H and O–H groups in total. The molecule has 122 valence electrons. The number of carbonyl (C=O) groups excluding carboxylic acids is 2. The Bertz CT molecular complexity index is 721. The average Bonchev–Trinajstić information content (AvgIpc) is 2.60. The van der Waals surface area contributed by atoms with Crippen LogP contribution in [0.25, 0.3) is 0 Å². The van der Waals surface area contributed by atoms with Crippen LogP contribution >= 0.6 is 0 Å². The minimum absolute atomic E-state index is 0.0493. The molecule has 0 aromatic heterocycles. The van der Waals surface area contributed by atoms with E-state index in [9.17, 15) is 9.59 Å². The summed E-state index contributed by atoms with van der Waals surface area (Å²) in [5.41, 5.74) is 1.50. The summed E-state index contributed by atoms with van der Waals surface area (Å²) in [7, 11) is 0. The highest BCUT2D eigenvalue weighted by molar-refractivity contribution is 5.92. The third-order valence-electron chi connectivity index (χ3n) is 3.08. The average molecular weight is 323 g/mol. The minimum atomic E-state index is -0.350. The van der Waals surface area contributed by atoms with Crippen LogP contribution in [0.15, 0.2) is 54.6 Å².